The smallest absolute Gasteiger partial charge is 0.257 e. The van der Waals surface area contributed by atoms with Crippen molar-refractivity contribution in [3.63, 3.8) is 0 Å². The number of rotatable bonds is 6. The second kappa shape index (κ2) is 7.67. The summed E-state index contributed by atoms with van der Waals surface area (Å²) in [4.78, 5) is 8.65. The maximum atomic E-state index is 6.05. The Labute approximate surface area is 146 Å². The molecule has 7 nitrogen and oxygen atoms in total. The molecule has 25 heavy (non-hydrogen) atoms. The normalized spacial score (nSPS) is 22.7. The highest BCUT2D eigenvalue weighted by Crippen LogP contribution is 2.35. The van der Waals surface area contributed by atoms with Gasteiger partial charge in [-0.3, -0.25) is 0 Å². The van der Waals surface area contributed by atoms with Crippen molar-refractivity contribution in [1.29, 1.82) is 0 Å². The van der Waals surface area contributed by atoms with E-state index in [0.29, 0.717) is 23.3 Å². The van der Waals surface area contributed by atoms with Crippen LogP contribution in [-0.2, 0) is 0 Å². The van der Waals surface area contributed by atoms with Gasteiger partial charge >= 0.3 is 0 Å². The molecule has 0 saturated carbocycles. The number of hydrogen-bond donors (Lipinski definition) is 2. The molecule has 4 rings (SSSR count). The largest absolute Gasteiger partial charge is 0.470 e. The molecular formula is C18H22N4O3. The Morgan fingerprint density at radius 3 is 1.76 bits per heavy atom. The van der Waals surface area contributed by atoms with E-state index in [1.807, 2.05) is 24.3 Å². The molecule has 2 unspecified atom stereocenters. The van der Waals surface area contributed by atoms with Gasteiger partial charge in [0.05, 0.1) is 0 Å². The topological polar surface area (TPSA) is 77.5 Å². The molecule has 0 spiro atoms. The van der Waals surface area contributed by atoms with Crippen molar-refractivity contribution < 1.29 is 14.2 Å². The zero-order valence-electron chi connectivity index (χ0n) is 14.0. The second-order valence-electron chi connectivity index (χ2n) is 6.18. The molecule has 4 heterocycles. The molecule has 2 N–H and O–H groups in total. The van der Waals surface area contributed by atoms with Gasteiger partial charge in [0.1, 0.15) is 12.2 Å². The van der Waals surface area contributed by atoms with Gasteiger partial charge in [-0.1, -0.05) is 0 Å². The predicted molar refractivity (Wildman–Crippen MR) is 92.4 cm³/mol. The van der Waals surface area contributed by atoms with Crippen LogP contribution in [0.3, 0.4) is 0 Å². The van der Waals surface area contributed by atoms with E-state index >= 15 is 0 Å². The summed E-state index contributed by atoms with van der Waals surface area (Å²) in [5.41, 5.74) is 0. The lowest BCUT2D eigenvalue weighted by molar-refractivity contribution is 0.197. The highest BCUT2D eigenvalue weighted by Gasteiger charge is 2.21. The van der Waals surface area contributed by atoms with Gasteiger partial charge in [0.25, 0.3) is 11.8 Å². The first-order valence-electron chi connectivity index (χ1n) is 8.71. The molecule has 2 aromatic rings. The van der Waals surface area contributed by atoms with Crippen LogP contribution in [-0.4, -0.2) is 48.4 Å². The van der Waals surface area contributed by atoms with Gasteiger partial charge in [-0.25, -0.2) is 9.97 Å². The molecule has 2 fully saturated rings. The average molecular weight is 342 g/mol. The molecule has 0 radical (unpaired) electrons. The van der Waals surface area contributed by atoms with Crippen molar-refractivity contribution in [2.45, 2.75) is 25.0 Å². The van der Waals surface area contributed by atoms with E-state index in [1.54, 1.807) is 12.4 Å². The molecule has 2 saturated heterocycles. The van der Waals surface area contributed by atoms with Crippen molar-refractivity contribution in [2.75, 3.05) is 26.2 Å². The number of nitrogens with one attached hydrogen (secondary N) is 2. The van der Waals surface area contributed by atoms with Crippen LogP contribution in [0.1, 0.15) is 12.8 Å². The van der Waals surface area contributed by atoms with E-state index in [0.717, 1.165) is 39.0 Å². The van der Waals surface area contributed by atoms with E-state index in [9.17, 15) is 0 Å². The maximum Gasteiger partial charge on any atom is 0.257 e. The van der Waals surface area contributed by atoms with Crippen molar-refractivity contribution >= 4 is 0 Å². The van der Waals surface area contributed by atoms with Gasteiger partial charge in [0, 0.05) is 25.5 Å². The van der Waals surface area contributed by atoms with Crippen LogP contribution < -0.4 is 24.8 Å². The molecule has 2 aliphatic heterocycles. The molecule has 7 heteroatoms. The maximum absolute atomic E-state index is 6.05. The van der Waals surface area contributed by atoms with Crippen LogP contribution in [0.25, 0.3) is 0 Å². The summed E-state index contributed by atoms with van der Waals surface area (Å²) in [6.45, 7) is 3.57. The lowest BCUT2D eigenvalue weighted by Gasteiger charge is -2.17. The number of pyridine rings is 2. The summed E-state index contributed by atoms with van der Waals surface area (Å²) < 4.78 is 18.0. The van der Waals surface area contributed by atoms with Crippen LogP contribution in [0.2, 0.25) is 0 Å². The summed E-state index contributed by atoms with van der Waals surface area (Å²) >= 11 is 0. The van der Waals surface area contributed by atoms with Crippen molar-refractivity contribution in [3.05, 3.63) is 36.7 Å². The highest BCUT2D eigenvalue weighted by molar-refractivity contribution is 5.41. The van der Waals surface area contributed by atoms with E-state index in [1.165, 1.54) is 0 Å². The number of ether oxygens (including phenoxy) is 3. The lowest BCUT2D eigenvalue weighted by atomic mass is 10.3. The number of nitrogens with zero attached hydrogens (tertiary/aromatic N) is 2. The van der Waals surface area contributed by atoms with Gasteiger partial charge < -0.3 is 24.8 Å². The third-order valence-electron chi connectivity index (χ3n) is 4.28. The van der Waals surface area contributed by atoms with Crippen molar-refractivity contribution in [3.8, 4) is 23.3 Å². The zero-order valence-corrected chi connectivity index (χ0v) is 14.0. The third-order valence-corrected chi connectivity index (χ3v) is 4.28. The molecule has 2 aromatic heterocycles. The Balaban J connectivity index is 1.52. The molecule has 0 aromatic carbocycles. The zero-order chi connectivity index (χ0) is 16.9. The fraction of sp³-hybridized carbons (Fsp3) is 0.444. The Kier molecular flexibility index (Phi) is 4.94. The highest BCUT2D eigenvalue weighted by atomic mass is 16.6. The van der Waals surface area contributed by atoms with Crippen molar-refractivity contribution in [1.82, 2.24) is 20.6 Å². The molecule has 132 valence electrons. The first-order valence-corrected chi connectivity index (χ1v) is 8.71. The lowest BCUT2D eigenvalue weighted by Crippen LogP contribution is -2.21. The molecule has 0 bridgehead atoms. The van der Waals surface area contributed by atoms with Crippen LogP contribution >= 0.6 is 0 Å². The Morgan fingerprint density at radius 1 is 0.800 bits per heavy atom. The SMILES string of the molecule is c1cnc(OC2CCNC2)c(Oc2cccnc2OC2CCNC2)c1. The Hall–Kier alpha value is -2.38. The van der Waals surface area contributed by atoms with Crippen LogP contribution in [0, 0.1) is 0 Å². The number of hydrogen-bond acceptors (Lipinski definition) is 7. The average Bonchev–Trinajstić information content (AvgIpc) is 3.32. The standard InChI is InChI=1S/C18H22N4O3/c1-3-15(17(21-7-1)23-13-5-9-19-11-13)25-16-4-2-8-22-18(16)24-14-6-10-20-12-14/h1-4,7-8,13-14,19-20H,5-6,9-12H2. The Bertz CT molecular complexity index is 641. The number of aromatic nitrogens is 2. The minimum absolute atomic E-state index is 0.117. The predicted octanol–water partition coefficient (Wildman–Crippen LogP) is 1.75. The van der Waals surface area contributed by atoms with Crippen LogP contribution in [0.15, 0.2) is 36.7 Å². The molecule has 2 atom stereocenters. The van der Waals surface area contributed by atoms with Gasteiger partial charge in [0.15, 0.2) is 11.5 Å². The van der Waals surface area contributed by atoms with Crippen LogP contribution in [0.5, 0.6) is 23.3 Å². The van der Waals surface area contributed by atoms with Crippen LogP contribution in [0.4, 0.5) is 0 Å². The Morgan fingerprint density at radius 2 is 1.32 bits per heavy atom. The fourth-order valence-corrected chi connectivity index (χ4v) is 2.98. The molecular weight excluding hydrogens is 320 g/mol. The van der Waals surface area contributed by atoms with E-state index in [-0.39, 0.29) is 12.2 Å². The van der Waals surface area contributed by atoms with Crippen molar-refractivity contribution in [2.24, 2.45) is 0 Å². The van der Waals surface area contributed by atoms with E-state index < -0.39 is 0 Å². The summed E-state index contributed by atoms with van der Waals surface area (Å²) in [5, 5.41) is 6.56. The van der Waals surface area contributed by atoms with Gasteiger partial charge in [-0.2, -0.15) is 0 Å². The quantitative estimate of drug-likeness (QED) is 0.828. The summed E-state index contributed by atoms with van der Waals surface area (Å²) in [6.07, 6.45) is 5.57. The first kappa shape index (κ1) is 16.1. The van der Waals surface area contributed by atoms with Gasteiger partial charge in [-0.15, -0.1) is 0 Å². The van der Waals surface area contributed by atoms with Gasteiger partial charge in [0.2, 0.25) is 0 Å². The molecule has 0 aliphatic carbocycles. The summed E-state index contributed by atoms with van der Waals surface area (Å²) in [7, 11) is 0. The molecule has 2 aliphatic rings. The first-order chi connectivity index (χ1) is 12.4. The molecule has 0 amide bonds. The summed E-state index contributed by atoms with van der Waals surface area (Å²) in [6, 6.07) is 7.34. The third kappa shape index (κ3) is 4.00. The van der Waals surface area contributed by atoms with E-state index in [2.05, 4.69) is 20.6 Å². The van der Waals surface area contributed by atoms with Gasteiger partial charge in [-0.05, 0) is 50.2 Å². The fourth-order valence-electron chi connectivity index (χ4n) is 2.98. The second-order valence-corrected chi connectivity index (χ2v) is 6.18. The monoisotopic (exact) mass is 342 g/mol. The minimum Gasteiger partial charge on any atom is -0.470 e. The van der Waals surface area contributed by atoms with E-state index in [4.69, 9.17) is 14.2 Å². The summed E-state index contributed by atoms with van der Waals surface area (Å²) in [5.74, 6) is 2.12. The minimum atomic E-state index is 0.117.